The Morgan fingerprint density at radius 1 is 0.862 bits per heavy atom. The van der Waals surface area contributed by atoms with Gasteiger partial charge < -0.3 is 23.4 Å². The molecule has 1 heterocycles. The van der Waals surface area contributed by atoms with E-state index in [2.05, 4.69) is 0 Å². The maximum absolute atomic E-state index is 12.2. The predicted octanol–water partition coefficient (Wildman–Crippen LogP) is 4.13. The van der Waals surface area contributed by atoms with Gasteiger partial charge in [-0.25, -0.2) is 9.59 Å². The quantitative estimate of drug-likeness (QED) is 0.501. The number of esters is 2. The molecule has 0 saturated carbocycles. The van der Waals surface area contributed by atoms with E-state index >= 15 is 0 Å². The fourth-order valence-corrected chi connectivity index (χ4v) is 2.78. The first-order valence-electron chi connectivity index (χ1n) is 9.31. The zero-order valence-electron chi connectivity index (χ0n) is 16.3. The molecule has 0 saturated heterocycles. The van der Waals surface area contributed by atoms with Crippen molar-refractivity contribution < 1.29 is 33.0 Å². The van der Waals surface area contributed by atoms with Gasteiger partial charge in [0.05, 0.1) is 18.8 Å². The zero-order valence-corrected chi connectivity index (χ0v) is 16.3. The number of rotatable bonds is 9. The molecule has 0 amide bonds. The van der Waals surface area contributed by atoms with Crippen molar-refractivity contribution in [1.82, 2.24) is 0 Å². The van der Waals surface area contributed by atoms with Gasteiger partial charge in [-0.15, -0.1) is 0 Å². The Morgan fingerprint density at radius 3 is 2.28 bits per heavy atom. The number of fused-ring (bicyclic) bond motifs is 1. The summed E-state index contributed by atoms with van der Waals surface area (Å²) in [6, 6.07) is 14.2. The minimum atomic E-state index is -0.600. The van der Waals surface area contributed by atoms with Gasteiger partial charge in [-0.2, -0.15) is 0 Å². The van der Waals surface area contributed by atoms with Gasteiger partial charge in [0.25, 0.3) is 0 Å². The van der Waals surface area contributed by atoms with Gasteiger partial charge in [0.1, 0.15) is 12.2 Å². The van der Waals surface area contributed by atoms with Crippen molar-refractivity contribution >= 4 is 22.9 Å². The van der Waals surface area contributed by atoms with Crippen molar-refractivity contribution in [3.8, 4) is 11.5 Å². The standard InChI is InChI=1S/C22H22O7/c1-3-25-18-11-7-8-12-19(18)27-14-20(23)28-13-16-15-9-5-6-10-17(15)29-21(16)22(24)26-4-2/h5-12H,3-4,13-14H2,1-2H3. The lowest BCUT2D eigenvalue weighted by Crippen LogP contribution is -2.16. The molecule has 0 radical (unpaired) electrons. The van der Waals surface area contributed by atoms with Crippen LogP contribution in [0.3, 0.4) is 0 Å². The first kappa shape index (κ1) is 20.3. The lowest BCUT2D eigenvalue weighted by molar-refractivity contribution is -0.147. The van der Waals surface area contributed by atoms with Crippen LogP contribution in [0.15, 0.2) is 52.9 Å². The van der Waals surface area contributed by atoms with Gasteiger partial charge in [0.2, 0.25) is 5.76 Å². The van der Waals surface area contributed by atoms with Crippen LogP contribution in [-0.2, 0) is 20.9 Å². The number of para-hydroxylation sites is 3. The van der Waals surface area contributed by atoms with Crippen LogP contribution in [-0.4, -0.2) is 31.8 Å². The van der Waals surface area contributed by atoms with E-state index in [4.69, 9.17) is 23.4 Å². The molecule has 7 heteroatoms. The summed E-state index contributed by atoms with van der Waals surface area (Å²) < 4.78 is 26.9. The van der Waals surface area contributed by atoms with Crippen LogP contribution in [0.25, 0.3) is 11.0 Å². The number of ether oxygens (including phenoxy) is 4. The Hall–Kier alpha value is -3.48. The van der Waals surface area contributed by atoms with Crippen molar-refractivity contribution in [3.63, 3.8) is 0 Å². The molecule has 152 valence electrons. The van der Waals surface area contributed by atoms with Gasteiger partial charge in [-0.05, 0) is 32.0 Å². The second kappa shape index (κ2) is 9.64. The minimum absolute atomic E-state index is 0.0310. The van der Waals surface area contributed by atoms with Gasteiger partial charge in [-0.1, -0.05) is 30.3 Å². The van der Waals surface area contributed by atoms with Gasteiger partial charge in [0.15, 0.2) is 18.1 Å². The van der Waals surface area contributed by atoms with Crippen LogP contribution >= 0.6 is 0 Å². The van der Waals surface area contributed by atoms with Crippen molar-refractivity contribution in [2.24, 2.45) is 0 Å². The third-order valence-electron chi connectivity index (χ3n) is 4.03. The first-order valence-corrected chi connectivity index (χ1v) is 9.31. The van der Waals surface area contributed by atoms with E-state index < -0.39 is 11.9 Å². The molecule has 3 aromatic rings. The lowest BCUT2D eigenvalue weighted by Gasteiger charge is -2.11. The number of benzene rings is 2. The topological polar surface area (TPSA) is 84.2 Å². The van der Waals surface area contributed by atoms with Gasteiger partial charge >= 0.3 is 11.9 Å². The van der Waals surface area contributed by atoms with E-state index in [1.54, 1.807) is 43.3 Å². The Labute approximate surface area is 168 Å². The molecule has 0 aliphatic rings. The Balaban J connectivity index is 1.68. The van der Waals surface area contributed by atoms with E-state index in [9.17, 15) is 9.59 Å². The van der Waals surface area contributed by atoms with Gasteiger partial charge in [0, 0.05) is 5.39 Å². The summed E-state index contributed by atoms with van der Waals surface area (Å²) in [5.74, 6) is -0.156. The number of carbonyl (C=O) groups is 2. The monoisotopic (exact) mass is 398 g/mol. The number of hydrogen-bond acceptors (Lipinski definition) is 7. The second-order valence-corrected chi connectivity index (χ2v) is 5.96. The minimum Gasteiger partial charge on any atom is -0.490 e. The van der Waals surface area contributed by atoms with Crippen LogP contribution in [0.1, 0.15) is 30.0 Å². The molecule has 7 nitrogen and oxygen atoms in total. The smallest absolute Gasteiger partial charge is 0.374 e. The molecule has 0 N–H and O–H groups in total. The van der Waals surface area contributed by atoms with Crippen molar-refractivity contribution in [2.75, 3.05) is 19.8 Å². The molecule has 0 atom stereocenters. The van der Waals surface area contributed by atoms with E-state index in [-0.39, 0.29) is 25.6 Å². The average molecular weight is 398 g/mol. The highest BCUT2D eigenvalue weighted by Gasteiger charge is 2.22. The van der Waals surface area contributed by atoms with Gasteiger partial charge in [-0.3, -0.25) is 0 Å². The summed E-state index contributed by atoms with van der Waals surface area (Å²) in [5, 5.41) is 0.686. The largest absolute Gasteiger partial charge is 0.490 e. The average Bonchev–Trinajstić information content (AvgIpc) is 3.11. The normalized spacial score (nSPS) is 10.6. The summed E-state index contributed by atoms with van der Waals surface area (Å²) in [7, 11) is 0. The molecule has 0 spiro atoms. The molecule has 2 aromatic carbocycles. The summed E-state index contributed by atoms with van der Waals surface area (Å²) in [4.78, 5) is 24.4. The lowest BCUT2D eigenvalue weighted by atomic mass is 10.1. The highest BCUT2D eigenvalue weighted by Crippen LogP contribution is 2.28. The highest BCUT2D eigenvalue weighted by atomic mass is 16.6. The number of carbonyl (C=O) groups excluding carboxylic acids is 2. The summed E-state index contributed by atoms with van der Waals surface area (Å²) in [5.41, 5.74) is 0.977. The number of hydrogen-bond donors (Lipinski definition) is 0. The fourth-order valence-electron chi connectivity index (χ4n) is 2.78. The maximum Gasteiger partial charge on any atom is 0.374 e. The highest BCUT2D eigenvalue weighted by molar-refractivity contribution is 5.96. The fraction of sp³-hybridized carbons (Fsp3) is 0.273. The maximum atomic E-state index is 12.2. The second-order valence-electron chi connectivity index (χ2n) is 5.96. The summed E-state index contributed by atoms with van der Waals surface area (Å²) >= 11 is 0. The third kappa shape index (κ3) is 4.87. The van der Waals surface area contributed by atoms with Crippen molar-refractivity contribution in [3.05, 3.63) is 59.9 Å². The SMILES string of the molecule is CCOC(=O)c1oc2ccccc2c1COC(=O)COc1ccccc1OCC. The van der Waals surface area contributed by atoms with Crippen LogP contribution < -0.4 is 9.47 Å². The molecule has 0 unspecified atom stereocenters. The van der Waals surface area contributed by atoms with Crippen LogP contribution in [0.5, 0.6) is 11.5 Å². The molecule has 29 heavy (non-hydrogen) atoms. The Kier molecular flexibility index (Phi) is 6.73. The van der Waals surface area contributed by atoms with E-state index in [1.807, 2.05) is 19.1 Å². The molecule has 0 aliphatic carbocycles. The van der Waals surface area contributed by atoms with E-state index in [1.165, 1.54) is 0 Å². The Bertz CT molecular complexity index is 990. The zero-order chi connectivity index (χ0) is 20.6. The first-order chi connectivity index (χ1) is 14.1. The van der Waals surface area contributed by atoms with E-state index in [0.29, 0.717) is 34.6 Å². The number of furan rings is 1. The third-order valence-corrected chi connectivity index (χ3v) is 4.03. The van der Waals surface area contributed by atoms with Crippen LogP contribution in [0, 0.1) is 0 Å². The molecule has 0 aliphatic heterocycles. The van der Waals surface area contributed by atoms with Crippen LogP contribution in [0.2, 0.25) is 0 Å². The predicted molar refractivity (Wildman–Crippen MR) is 105 cm³/mol. The van der Waals surface area contributed by atoms with Crippen molar-refractivity contribution in [1.29, 1.82) is 0 Å². The van der Waals surface area contributed by atoms with E-state index in [0.717, 1.165) is 0 Å². The molecule has 0 fully saturated rings. The molecule has 0 bridgehead atoms. The molecule has 3 rings (SSSR count). The van der Waals surface area contributed by atoms with Crippen molar-refractivity contribution in [2.45, 2.75) is 20.5 Å². The van der Waals surface area contributed by atoms with Crippen LogP contribution in [0.4, 0.5) is 0 Å². The molecule has 1 aromatic heterocycles. The molecular formula is C22H22O7. The summed E-state index contributed by atoms with van der Waals surface area (Å²) in [6.45, 7) is 3.82. The summed E-state index contributed by atoms with van der Waals surface area (Å²) in [6.07, 6.45) is 0. The molecular weight excluding hydrogens is 376 g/mol. The Morgan fingerprint density at radius 2 is 1.55 bits per heavy atom.